The number of alkyl halides is 1. The zero-order chi connectivity index (χ0) is 32.2. The van der Waals surface area contributed by atoms with Gasteiger partial charge in [-0.25, -0.2) is 9.79 Å². The monoisotopic (exact) mass is 623 g/mol. The highest BCUT2D eigenvalue weighted by molar-refractivity contribution is 7.85. The third-order valence-corrected chi connectivity index (χ3v) is 6.08. The molecule has 0 aliphatic heterocycles. The molecular formula is C33H42ClN5O3S. The molecule has 1 aromatic carbocycles. The van der Waals surface area contributed by atoms with Gasteiger partial charge in [0.15, 0.2) is 0 Å². The van der Waals surface area contributed by atoms with Crippen molar-refractivity contribution >= 4 is 59.2 Å². The number of nitrogens with one attached hydrogen (secondary N) is 1. The number of carbonyl (C=O) groups excluding carboxylic acids is 2. The Balaban J connectivity index is 2.28. The van der Waals surface area contributed by atoms with E-state index in [9.17, 15) is 9.59 Å². The van der Waals surface area contributed by atoms with Crippen LogP contribution in [0.1, 0.15) is 39.8 Å². The van der Waals surface area contributed by atoms with E-state index in [1.807, 2.05) is 90.4 Å². The van der Waals surface area contributed by atoms with E-state index in [0.29, 0.717) is 30.0 Å². The van der Waals surface area contributed by atoms with Gasteiger partial charge in [0.05, 0.1) is 34.7 Å². The topological polar surface area (TPSA) is 87.1 Å². The molecule has 2 aromatic rings. The van der Waals surface area contributed by atoms with Gasteiger partial charge >= 0.3 is 6.09 Å². The van der Waals surface area contributed by atoms with Gasteiger partial charge in [-0.2, -0.15) is 0 Å². The van der Waals surface area contributed by atoms with Crippen LogP contribution in [0, 0.1) is 0 Å². The highest BCUT2D eigenvalue weighted by Crippen LogP contribution is 2.22. The fourth-order valence-electron chi connectivity index (χ4n) is 3.48. The van der Waals surface area contributed by atoms with E-state index in [1.54, 1.807) is 36.5 Å². The molecule has 1 aromatic heterocycles. The Morgan fingerprint density at radius 3 is 2.51 bits per heavy atom. The van der Waals surface area contributed by atoms with Crippen LogP contribution in [-0.4, -0.2) is 65.2 Å². The molecule has 2 amide bonds. The maximum atomic E-state index is 13.2. The van der Waals surface area contributed by atoms with Gasteiger partial charge in [0.2, 0.25) is 0 Å². The second kappa shape index (κ2) is 16.7. The number of nitrogens with zero attached hydrogens (tertiary/aromatic N) is 4. The van der Waals surface area contributed by atoms with Gasteiger partial charge in [-0.3, -0.25) is 9.78 Å². The number of carbonyl (C=O) groups is 2. The number of aliphatic imine (C=N–C) groups is 1. The van der Waals surface area contributed by atoms with Gasteiger partial charge in [0, 0.05) is 37.6 Å². The number of ether oxygens (including phenoxy) is 1. The lowest BCUT2D eigenvalue weighted by atomic mass is 10.1. The van der Waals surface area contributed by atoms with Crippen LogP contribution in [0.3, 0.4) is 0 Å². The average molecular weight is 624 g/mol. The number of hydrogen-bond donors (Lipinski definition) is 2. The minimum absolute atomic E-state index is 0.129. The minimum Gasteiger partial charge on any atom is -0.444 e. The first kappa shape index (κ1) is 35.4. The number of hydrogen-bond acceptors (Lipinski definition) is 6. The number of fused-ring (bicyclic) bond motifs is 1. The summed E-state index contributed by atoms with van der Waals surface area (Å²) in [6.07, 6.45) is 13.0. The van der Waals surface area contributed by atoms with Crippen molar-refractivity contribution in [2.75, 3.05) is 26.5 Å². The van der Waals surface area contributed by atoms with Crippen LogP contribution in [-0.2, 0) is 16.1 Å². The summed E-state index contributed by atoms with van der Waals surface area (Å²) in [5.41, 5.74) is 2.72. The molecule has 1 atom stereocenters. The molecule has 0 radical (unpaired) electrons. The van der Waals surface area contributed by atoms with Crippen molar-refractivity contribution < 1.29 is 14.3 Å². The number of anilines is 1. The van der Waals surface area contributed by atoms with E-state index in [2.05, 4.69) is 34.5 Å². The van der Waals surface area contributed by atoms with Crippen molar-refractivity contribution in [2.45, 2.75) is 51.6 Å². The van der Waals surface area contributed by atoms with Crippen LogP contribution in [0.4, 0.5) is 10.5 Å². The highest BCUT2D eigenvalue weighted by atomic mass is 35.5. The van der Waals surface area contributed by atoms with E-state index in [1.165, 1.54) is 4.90 Å². The number of rotatable bonds is 12. The molecule has 43 heavy (non-hydrogen) atoms. The maximum absolute atomic E-state index is 13.2. The van der Waals surface area contributed by atoms with Crippen LogP contribution < -0.4 is 5.32 Å². The average Bonchev–Trinajstić information content (AvgIpc) is 2.92. The molecule has 0 aliphatic carbocycles. The molecular weight excluding hydrogens is 582 g/mol. The van der Waals surface area contributed by atoms with Crippen molar-refractivity contribution in [3.8, 4) is 0 Å². The molecule has 1 heterocycles. The summed E-state index contributed by atoms with van der Waals surface area (Å²) in [5, 5.41) is 3.60. The highest BCUT2D eigenvalue weighted by Gasteiger charge is 2.20. The number of aromatic nitrogens is 1. The van der Waals surface area contributed by atoms with Gasteiger partial charge in [-0.05, 0) is 70.0 Å². The van der Waals surface area contributed by atoms with E-state index >= 15 is 0 Å². The Bertz CT molecular complexity index is 1450. The first-order valence-electron chi connectivity index (χ1n) is 13.8. The minimum atomic E-state index is -0.577. The summed E-state index contributed by atoms with van der Waals surface area (Å²) in [7, 11) is 5.35. The standard InChI is InChI=1S/C33H42ClN5O3S/c1-9-10-11-24(13-12-23(2)34)14-18-29(35-22-38(6)7)30(43)31(40)37-26-17-19-28-25(20-26)15-16-27(36-28)21-39(8)32(41)42-33(3,4)5/h9,11-20,22-23,43H,1,10,21H2,2-8H3,(H,37,40)/b13-12-,18-14+,24-11+,30-29+,35-22?. The largest absolute Gasteiger partial charge is 0.444 e. The molecule has 230 valence electrons. The second-order valence-corrected chi connectivity index (χ2v) is 12.2. The van der Waals surface area contributed by atoms with Crippen molar-refractivity contribution in [3.63, 3.8) is 0 Å². The molecule has 0 saturated carbocycles. The number of allylic oxidation sites excluding steroid dienone is 7. The molecule has 0 aliphatic rings. The van der Waals surface area contributed by atoms with Crippen LogP contribution >= 0.6 is 24.2 Å². The first-order chi connectivity index (χ1) is 20.2. The number of thiol groups is 1. The Hall–Kier alpha value is -3.82. The molecule has 0 bridgehead atoms. The molecule has 1 unspecified atom stereocenters. The summed E-state index contributed by atoms with van der Waals surface area (Å²) in [6, 6.07) is 9.15. The Kier molecular flexibility index (Phi) is 13.8. The van der Waals surface area contributed by atoms with Crippen molar-refractivity contribution in [2.24, 2.45) is 4.99 Å². The number of benzene rings is 1. The van der Waals surface area contributed by atoms with E-state index in [4.69, 9.17) is 16.3 Å². The van der Waals surface area contributed by atoms with Crippen molar-refractivity contribution in [1.82, 2.24) is 14.8 Å². The predicted molar refractivity (Wildman–Crippen MR) is 183 cm³/mol. The van der Waals surface area contributed by atoms with Gasteiger partial charge in [-0.15, -0.1) is 30.8 Å². The Morgan fingerprint density at radius 2 is 1.88 bits per heavy atom. The molecule has 10 heteroatoms. The summed E-state index contributed by atoms with van der Waals surface area (Å²) in [4.78, 5) is 38.0. The van der Waals surface area contributed by atoms with Crippen LogP contribution in [0.25, 0.3) is 10.9 Å². The molecule has 2 rings (SSSR count). The Labute approximate surface area is 266 Å². The van der Waals surface area contributed by atoms with Gasteiger partial charge < -0.3 is 19.9 Å². The summed E-state index contributed by atoms with van der Waals surface area (Å²) in [5.74, 6) is -0.414. The van der Waals surface area contributed by atoms with Crippen molar-refractivity contribution in [3.05, 3.63) is 95.2 Å². The summed E-state index contributed by atoms with van der Waals surface area (Å²) >= 11 is 10.6. The zero-order valence-corrected chi connectivity index (χ0v) is 27.6. The van der Waals surface area contributed by atoms with E-state index in [-0.39, 0.29) is 10.3 Å². The zero-order valence-electron chi connectivity index (χ0n) is 26.0. The Morgan fingerprint density at radius 1 is 1.16 bits per heavy atom. The number of amides is 2. The first-order valence-corrected chi connectivity index (χ1v) is 14.7. The normalized spacial score (nSPS) is 13.8. The fraction of sp³-hybridized carbons (Fsp3) is 0.333. The number of pyridine rings is 1. The van der Waals surface area contributed by atoms with Crippen molar-refractivity contribution in [1.29, 1.82) is 0 Å². The van der Waals surface area contributed by atoms with E-state index in [0.717, 1.165) is 16.5 Å². The van der Waals surface area contributed by atoms with Crippen LogP contribution in [0.2, 0.25) is 0 Å². The molecule has 8 nitrogen and oxygen atoms in total. The molecule has 0 spiro atoms. The molecule has 1 N–H and O–H groups in total. The summed E-state index contributed by atoms with van der Waals surface area (Å²) in [6.45, 7) is 11.4. The summed E-state index contributed by atoms with van der Waals surface area (Å²) < 4.78 is 5.42. The fourth-order valence-corrected chi connectivity index (χ4v) is 3.74. The lowest BCUT2D eigenvalue weighted by Gasteiger charge is -2.24. The van der Waals surface area contributed by atoms with E-state index < -0.39 is 17.6 Å². The molecule has 0 fully saturated rings. The third kappa shape index (κ3) is 12.9. The van der Waals surface area contributed by atoms with Gasteiger partial charge in [-0.1, -0.05) is 36.4 Å². The van der Waals surface area contributed by atoms with Crippen LogP contribution in [0.15, 0.2) is 94.5 Å². The van der Waals surface area contributed by atoms with Crippen LogP contribution in [0.5, 0.6) is 0 Å². The lowest BCUT2D eigenvalue weighted by Crippen LogP contribution is -2.34. The van der Waals surface area contributed by atoms with Gasteiger partial charge in [0.25, 0.3) is 5.91 Å². The second-order valence-electron chi connectivity index (χ2n) is 11.0. The predicted octanol–water partition coefficient (Wildman–Crippen LogP) is 7.51. The maximum Gasteiger partial charge on any atom is 0.410 e. The molecule has 0 saturated heterocycles. The smallest absolute Gasteiger partial charge is 0.410 e. The SMILES string of the molecule is C=CC/C=C(\C=C/C(C)Cl)/C=C/C(N=CN(C)C)=C(\S)C(=O)Nc1ccc2nc(CN(C)C(=O)OC(C)(C)C)ccc2c1. The van der Waals surface area contributed by atoms with Gasteiger partial charge in [0.1, 0.15) is 5.60 Å². The lowest BCUT2D eigenvalue weighted by molar-refractivity contribution is -0.112. The third-order valence-electron chi connectivity index (χ3n) is 5.50. The number of halogens is 1. The quantitative estimate of drug-likeness (QED) is 0.0486.